The van der Waals surface area contributed by atoms with Crippen molar-refractivity contribution in [1.29, 1.82) is 5.26 Å². The Kier molecular flexibility index (Phi) is 6.08. The van der Waals surface area contributed by atoms with Crippen LogP contribution in [-0.2, 0) is 10.5 Å². The van der Waals surface area contributed by atoms with Crippen LogP contribution in [0.15, 0.2) is 48.5 Å². The van der Waals surface area contributed by atoms with Crippen LogP contribution in [0, 0.1) is 14.9 Å². The second-order valence-electron chi connectivity index (χ2n) is 4.36. The van der Waals surface area contributed by atoms with E-state index in [0.29, 0.717) is 11.3 Å². The van der Waals surface area contributed by atoms with Crippen molar-refractivity contribution in [3.63, 3.8) is 0 Å². The average molecular weight is 408 g/mol. The Morgan fingerprint density at radius 2 is 2.05 bits per heavy atom. The first kappa shape index (κ1) is 15.9. The maximum absolute atomic E-state index is 11.9. The fraction of sp³-hybridized carbons (Fsp3) is 0.125. The summed E-state index contributed by atoms with van der Waals surface area (Å²) in [6.07, 6.45) is 0. The molecule has 0 saturated heterocycles. The molecule has 2 aromatic carbocycles. The quantitative estimate of drug-likeness (QED) is 0.761. The Morgan fingerprint density at radius 3 is 2.81 bits per heavy atom. The van der Waals surface area contributed by atoms with Gasteiger partial charge in [-0.05, 0) is 58.5 Å². The zero-order valence-electron chi connectivity index (χ0n) is 11.2. The summed E-state index contributed by atoms with van der Waals surface area (Å²) >= 11 is 3.75. The monoisotopic (exact) mass is 408 g/mol. The Morgan fingerprint density at radius 1 is 1.24 bits per heavy atom. The molecule has 0 radical (unpaired) electrons. The number of nitrogens with zero attached hydrogens (tertiary/aromatic N) is 1. The fourth-order valence-corrected chi connectivity index (χ4v) is 3.07. The van der Waals surface area contributed by atoms with Gasteiger partial charge in [0, 0.05) is 15.0 Å². The standard InChI is InChI=1S/C16H13IN2OS/c17-14-5-2-6-15(8-14)19-16(20)11-21-10-13-4-1-3-12(7-13)9-18/h1-8H,10-11H2,(H,19,20). The van der Waals surface area contributed by atoms with Crippen LogP contribution >= 0.6 is 34.4 Å². The molecule has 1 amide bonds. The summed E-state index contributed by atoms with van der Waals surface area (Å²) in [5.74, 6) is 1.09. The van der Waals surface area contributed by atoms with Crippen molar-refractivity contribution in [2.75, 3.05) is 11.1 Å². The molecule has 2 rings (SSSR count). The Labute approximate surface area is 141 Å². The Bertz CT molecular complexity index is 682. The highest BCUT2D eigenvalue weighted by Crippen LogP contribution is 2.15. The van der Waals surface area contributed by atoms with Gasteiger partial charge in [0.2, 0.25) is 5.91 Å². The second kappa shape index (κ2) is 8.05. The van der Waals surface area contributed by atoms with E-state index in [2.05, 4.69) is 34.0 Å². The van der Waals surface area contributed by atoms with Crippen LogP contribution in [0.5, 0.6) is 0 Å². The maximum atomic E-state index is 11.9. The predicted octanol–water partition coefficient (Wildman–Crippen LogP) is 4.03. The van der Waals surface area contributed by atoms with Gasteiger partial charge in [0.1, 0.15) is 0 Å². The van der Waals surface area contributed by atoms with Crippen LogP contribution in [0.1, 0.15) is 11.1 Å². The van der Waals surface area contributed by atoms with Crippen molar-refractivity contribution >= 4 is 45.9 Å². The van der Waals surface area contributed by atoms with Crippen LogP contribution in [0.25, 0.3) is 0 Å². The lowest BCUT2D eigenvalue weighted by atomic mass is 10.2. The van der Waals surface area contributed by atoms with Crippen molar-refractivity contribution in [3.05, 3.63) is 63.2 Å². The van der Waals surface area contributed by atoms with E-state index in [1.807, 2.05) is 42.5 Å². The molecule has 0 unspecified atom stereocenters. The minimum absolute atomic E-state index is 0.0153. The lowest BCUT2D eigenvalue weighted by Crippen LogP contribution is -2.14. The van der Waals surface area contributed by atoms with Crippen molar-refractivity contribution in [2.45, 2.75) is 5.75 Å². The first-order valence-electron chi connectivity index (χ1n) is 6.29. The molecule has 21 heavy (non-hydrogen) atoms. The summed E-state index contributed by atoms with van der Waals surface area (Å²) in [6.45, 7) is 0. The van der Waals surface area contributed by atoms with E-state index in [-0.39, 0.29) is 5.91 Å². The predicted molar refractivity (Wildman–Crippen MR) is 95.1 cm³/mol. The van der Waals surface area contributed by atoms with Crippen molar-refractivity contribution in [3.8, 4) is 6.07 Å². The number of thioether (sulfide) groups is 1. The third-order valence-electron chi connectivity index (χ3n) is 2.67. The highest BCUT2D eigenvalue weighted by molar-refractivity contribution is 14.1. The number of halogens is 1. The van der Waals surface area contributed by atoms with E-state index >= 15 is 0 Å². The number of carbonyl (C=O) groups is 1. The summed E-state index contributed by atoms with van der Waals surface area (Å²) < 4.78 is 1.09. The van der Waals surface area contributed by atoms with Crippen LogP contribution in [0.3, 0.4) is 0 Å². The molecular weight excluding hydrogens is 395 g/mol. The smallest absolute Gasteiger partial charge is 0.234 e. The summed E-state index contributed by atoms with van der Waals surface area (Å²) in [4.78, 5) is 11.9. The van der Waals surface area contributed by atoms with Gasteiger partial charge in [0.25, 0.3) is 0 Å². The Balaban J connectivity index is 1.80. The largest absolute Gasteiger partial charge is 0.325 e. The van der Waals surface area contributed by atoms with E-state index < -0.39 is 0 Å². The number of nitriles is 1. The molecule has 2 aromatic rings. The molecule has 0 aliphatic carbocycles. The fourth-order valence-electron chi connectivity index (χ4n) is 1.76. The summed E-state index contributed by atoms with van der Waals surface area (Å²) in [6, 6.07) is 17.3. The summed E-state index contributed by atoms with van der Waals surface area (Å²) in [5.41, 5.74) is 2.52. The van der Waals surface area contributed by atoms with Gasteiger partial charge >= 0.3 is 0 Å². The highest BCUT2D eigenvalue weighted by atomic mass is 127. The Hall–Kier alpha value is -1.52. The van der Waals surface area contributed by atoms with Gasteiger partial charge in [0.05, 0.1) is 17.4 Å². The zero-order chi connectivity index (χ0) is 15.1. The van der Waals surface area contributed by atoms with Crippen LogP contribution in [0.2, 0.25) is 0 Å². The molecule has 0 bridgehead atoms. The second-order valence-corrected chi connectivity index (χ2v) is 6.59. The van der Waals surface area contributed by atoms with Crippen LogP contribution in [-0.4, -0.2) is 11.7 Å². The molecule has 0 aliphatic heterocycles. The van der Waals surface area contributed by atoms with E-state index in [4.69, 9.17) is 5.26 Å². The van der Waals surface area contributed by atoms with Crippen molar-refractivity contribution < 1.29 is 4.79 Å². The average Bonchev–Trinajstić information content (AvgIpc) is 2.47. The normalized spacial score (nSPS) is 9.90. The number of benzene rings is 2. The molecule has 5 heteroatoms. The third-order valence-corrected chi connectivity index (χ3v) is 4.34. The van der Waals surface area contributed by atoms with Gasteiger partial charge in [-0.15, -0.1) is 11.8 Å². The van der Waals surface area contributed by atoms with Gasteiger partial charge < -0.3 is 5.32 Å². The van der Waals surface area contributed by atoms with E-state index in [0.717, 1.165) is 20.6 Å². The number of hydrogen-bond acceptors (Lipinski definition) is 3. The zero-order valence-corrected chi connectivity index (χ0v) is 14.1. The molecule has 0 atom stereocenters. The number of nitrogens with one attached hydrogen (secondary N) is 1. The van der Waals surface area contributed by atoms with Gasteiger partial charge in [0.15, 0.2) is 0 Å². The minimum atomic E-state index is -0.0153. The molecule has 106 valence electrons. The van der Waals surface area contributed by atoms with Crippen LogP contribution in [0.4, 0.5) is 5.69 Å². The van der Waals surface area contributed by atoms with E-state index in [1.54, 1.807) is 6.07 Å². The highest BCUT2D eigenvalue weighted by Gasteiger charge is 2.04. The van der Waals surface area contributed by atoms with Crippen LogP contribution < -0.4 is 5.32 Å². The van der Waals surface area contributed by atoms with Gasteiger partial charge in [-0.1, -0.05) is 18.2 Å². The molecule has 1 N–H and O–H groups in total. The number of carbonyl (C=O) groups excluding carboxylic acids is 1. The topological polar surface area (TPSA) is 52.9 Å². The molecule has 3 nitrogen and oxygen atoms in total. The number of amides is 1. The molecule has 0 heterocycles. The molecule has 0 spiro atoms. The number of anilines is 1. The molecule has 0 aromatic heterocycles. The first-order valence-corrected chi connectivity index (χ1v) is 8.53. The first-order chi connectivity index (χ1) is 10.2. The van der Waals surface area contributed by atoms with Crippen molar-refractivity contribution in [1.82, 2.24) is 0 Å². The molecule has 0 saturated carbocycles. The third kappa shape index (κ3) is 5.40. The van der Waals surface area contributed by atoms with E-state index in [1.165, 1.54) is 11.8 Å². The summed E-state index contributed by atoms with van der Waals surface area (Å²) in [5, 5.41) is 11.7. The molecular formula is C16H13IN2OS. The lowest BCUT2D eigenvalue weighted by Gasteiger charge is -2.06. The van der Waals surface area contributed by atoms with Gasteiger partial charge in [-0.3, -0.25) is 4.79 Å². The lowest BCUT2D eigenvalue weighted by molar-refractivity contribution is -0.113. The number of hydrogen-bond donors (Lipinski definition) is 1. The SMILES string of the molecule is N#Cc1cccc(CSCC(=O)Nc2cccc(I)c2)c1. The van der Waals surface area contributed by atoms with E-state index in [9.17, 15) is 4.79 Å². The van der Waals surface area contributed by atoms with Gasteiger partial charge in [-0.25, -0.2) is 0 Å². The molecule has 0 fully saturated rings. The maximum Gasteiger partial charge on any atom is 0.234 e. The number of rotatable bonds is 5. The van der Waals surface area contributed by atoms with Gasteiger partial charge in [-0.2, -0.15) is 5.26 Å². The molecule has 0 aliphatic rings. The van der Waals surface area contributed by atoms with Crippen molar-refractivity contribution in [2.24, 2.45) is 0 Å². The minimum Gasteiger partial charge on any atom is -0.325 e. The summed E-state index contributed by atoms with van der Waals surface area (Å²) in [7, 11) is 0.